The van der Waals surface area contributed by atoms with Gasteiger partial charge in [-0.05, 0) is 17.7 Å². The van der Waals surface area contributed by atoms with E-state index in [0.29, 0.717) is 32.7 Å². The summed E-state index contributed by atoms with van der Waals surface area (Å²) >= 11 is 0. The van der Waals surface area contributed by atoms with Crippen molar-refractivity contribution < 1.29 is 19.0 Å². The van der Waals surface area contributed by atoms with E-state index in [2.05, 4.69) is 10.1 Å². The van der Waals surface area contributed by atoms with E-state index in [1.54, 1.807) is 0 Å². The lowest BCUT2D eigenvalue weighted by atomic mass is 10.2. The molecular weight excluding hydrogens is 234 g/mol. The van der Waals surface area contributed by atoms with Crippen molar-refractivity contribution in [1.29, 1.82) is 0 Å². The fourth-order valence-electron chi connectivity index (χ4n) is 1.72. The highest BCUT2D eigenvalue weighted by molar-refractivity contribution is 5.69. The van der Waals surface area contributed by atoms with Crippen LogP contribution in [0.25, 0.3) is 0 Å². The summed E-state index contributed by atoms with van der Waals surface area (Å²) < 4.78 is 15.5. The van der Waals surface area contributed by atoms with Crippen LogP contribution in [0.15, 0.2) is 18.2 Å². The van der Waals surface area contributed by atoms with E-state index in [-0.39, 0.29) is 5.97 Å². The Morgan fingerprint density at radius 1 is 1.33 bits per heavy atom. The number of carbonyl (C=O) groups excluding carboxylic acids is 1. The molecule has 1 aliphatic heterocycles. The number of methoxy groups -OCH3 is 1. The van der Waals surface area contributed by atoms with Gasteiger partial charge in [-0.1, -0.05) is 6.07 Å². The van der Waals surface area contributed by atoms with E-state index in [1.807, 2.05) is 18.2 Å². The summed E-state index contributed by atoms with van der Waals surface area (Å²) in [6.07, 6.45) is 0.376. The second-order valence-electron chi connectivity index (χ2n) is 3.98. The molecule has 0 unspecified atom stereocenters. The van der Waals surface area contributed by atoms with Crippen LogP contribution >= 0.6 is 0 Å². The van der Waals surface area contributed by atoms with Crippen LogP contribution in [0.5, 0.6) is 11.5 Å². The molecule has 0 radical (unpaired) electrons. The molecule has 18 heavy (non-hydrogen) atoms. The maximum Gasteiger partial charge on any atom is 0.306 e. The van der Waals surface area contributed by atoms with Crippen molar-refractivity contribution in [3.63, 3.8) is 0 Å². The third-order valence-corrected chi connectivity index (χ3v) is 2.67. The third kappa shape index (κ3) is 3.37. The maximum absolute atomic E-state index is 10.9. The summed E-state index contributed by atoms with van der Waals surface area (Å²) in [5.41, 5.74) is 1.10. The van der Waals surface area contributed by atoms with Gasteiger partial charge in [-0.2, -0.15) is 0 Å². The number of rotatable bonds is 5. The number of fused-ring (bicyclic) bond motifs is 1. The molecule has 5 nitrogen and oxygen atoms in total. The van der Waals surface area contributed by atoms with E-state index in [4.69, 9.17) is 9.47 Å². The first-order valence-electron chi connectivity index (χ1n) is 5.95. The van der Waals surface area contributed by atoms with Crippen LogP contribution in [-0.4, -0.2) is 32.8 Å². The Kier molecular flexibility index (Phi) is 4.41. The Balaban J connectivity index is 1.81. The molecule has 98 valence electrons. The van der Waals surface area contributed by atoms with Gasteiger partial charge in [0, 0.05) is 13.1 Å². The van der Waals surface area contributed by atoms with Crippen LogP contribution < -0.4 is 14.8 Å². The van der Waals surface area contributed by atoms with Crippen LogP contribution in [0.3, 0.4) is 0 Å². The zero-order chi connectivity index (χ0) is 12.8. The minimum atomic E-state index is -0.204. The lowest BCUT2D eigenvalue weighted by Crippen LogP contribution is -2.19. The van der Waals surface area contributed by atoms with Crippen LogP contribution in [0.2, 0.25) is 0 Å². The van der Waals surface area contributed by atoms with Gasteiger partial charge in [-0.15, -0.1) is 0 Å². The molecular formula is C13H17NO4. The SMILES string of the molecule is COC(=O)CCNCc1ccc2c(c1)OCCO2. The average molecular weight is 251 g/mol. The van der Waals surface area contributed by atoms with Crippen molar-refractivity contribution in [3.05, 3.63) is 23.8 Å². The second-order valence-corrected chi connectivity index (χ2v) is 3.98. The fraction of sp³-hybridized carbons (Fsp3) is 0.462. The van der Waals surface area contributed by atoms with Gasteiger partial charge < -0.3 is 19.5 Å². The van der Waals surface area contributed by atoms with Crippen molar-refractivity contribution in [2.45, 2.75) is 13.0 Å². The monoisotopic (exact) mass is 251 g/mol. The third-order valence-electron chi connectivity index (χ3n) is 2.67. The van der Waals surface area contributed by atoms with Crippen molar-refractivity contribution in [2.75, 3.05) is 26.9 Å². The molecule has 0 aliphatic carbocycles. The zero-order valence-electron chi connectivity index (χ0n) is 10.4. The standard InChI is InChI=1S/C13H17NO4/c1-16-13(15)4-5-14-9-10-2-3-11-12(8-10)18-7-6-17-11/h2-3,8,14H,4-7,9H2,1H3. The molecule has 0 amide bonds. The highest BCUT2D eigenvalue weighted by Gasteiger charge is 2.11. The highest BCUT2D eigenvalue weighted by Crippen LogP contribution is 2.30. The summed E-state index contributed by atoms with van der Waals surface area (Å²) in [5, 5.41) is 3.18. The summed E-state index contributed by atoms with van der Waals surface area (Å²) in [6, 6.07) is 5.85. The van der Waals surface area contributed by atoms with Crippen molar-refractivity contribution in [3.8, 4) is 11.5 Å². The minimum absolute atomic E-state index is 0.204. The molecule has 0 fully saturated rings. The Morgan fingerprint density at radius 3 is 2.89 bits per heavy atom. The van der Waals surface area contributed by atoms with Gasteiger partial charge in [0.1, 0.15) is 13.2 Å². The first-order chi connectivity index (χ1) is 8.79. The smallest absolute Gasteiger partial charge is 0.306 e. The molecule has 1 aromatic carbocycles. The molecule has 0 saturated carbocycles. The normalized spacial score (nSPS) is 13.2. The first-order valence-corrected chi connectivity index (χ1v) is 5.95. The Labute approximate surface area is 106 Å². The lowest BCUT2D eigenvalue weighted by molar-refractivity contribution is -0.140. The molecule has 1 N–H and O–H groups in total. The Morgan fingerprint density at radius 2 is 2.11 bits per heavy atom. The molecule has 0 saturated heterocycles. The number of hydrogen-bond acceptors (Lipinski definition) is 5. The van der Waals surface area contributed by atoms with E-state index in [1.165, 1.54) is 7.11 Å². The average Bonchev–Trinajstić information content (AvgIpc) is 2.43. The van der Waals surface area contributed by atoms with Crippen molar-refractivity contribution in [1.82, 2.24) is 5.32 Å². The van der Waals surface area contributed by atoms with E-state index < -0.39 is 0 Å². The van der Waals surface area contributed by atoms with Crippen molar-refractivity contribution >= 4 is 5.97 Å². The van der Waals surface area contributed by atoms with Gasteiger partial charge in [-0.3, -0.25) is 4.79 Å². The van der Waals surface area contributed by atoms with E-state index in [0.717, 1.165) is 17.1 Å². The van der Waals surface area contributed by atoms with Gasteiger partial charge in [-0.25, -0.2) is 0 Å². The van der Waals surface area contributed by atoms with Gasteiger partial charge >= 0.3 is 5.97 Å². The van der Waals surface area contributed by atoms with Crippen LogP contribution in [0, 0.1) is 0 Å². The topological polar surface area (TPSA) is 56.8 Å². The van der Waals surface area contributed by atoms with E-state index in [9.17, 15) is 4.79 Å². The summed E-state index contributed by atoms with van der Waals surface area (Å²) in [5.74, 6) is 1.37. The van der Waals surface area contributed by atoms with Crippen LogP contribution in [-0.2, 0) is 16.1 Å². The molecule has 1 heterocycles. The van der Waals surface area contributed by atoms with Crippen LogP contribution in [0.4, 0.5) is 0 Å². The molecule has 1 aliphatic rings. The van der Waals surface area contributed by atoms with Gasteiger partial charge in [0.15, 0.2) is 11.5 Å². The number of carbonyl (C=O) groups is 1. The Bertz CT molecular complexity index is 419. The summed E-state index contributed by atoms with van der Waals surface area (Å²) in [6.45, 7) is 2.48. The number of esters is 1. The predicted octanol–water partition coefficient (Wildman–Crippen LogP) is 1.11. The molecule has 0 aromatic heterocycles. The summed E-state index contributed by atoms with van der Waals surface area (Å²) in [7, 11) is 1.39. The predicted molar refractivity (Wildman–Crippen MR) is 65.8 cm³/mol. The maximum atomic E-state index is 10.9. The van der Waals surface area contributed by atoms with Gasteiger partial charge in [0.05, 0.1) is 13.5 Å². The molecule has 0 spiro atoms. The number of benzene rings is 1. The van der Waals surface area contributed by atoms with Gasteiger partial charge in [0.25, 0.3) is 0 Å². The largest absolute Gasteiger partial charge is 0.486 e. The summed E-state index contributed by atoms with van der Waals surface area (Å²) in [4.78, 5) is 10.9. The van der Waals surface area contributed by atoms with Gasteiger partial charge in [0.2, 0.25) is 0 Å². The van der Waals surface area contributed by atoms with Crippen molar-refractivity contribution in [2.24, 2.45) is 0 Å². The highest BCUT2D eigenvalue weighted by atomic mass is 16.6. The minimum Gasteiger partial charge on any atom is -0.486 e. The molecule has 1 aromatic rings. The lowest BCUT2D eigenvalue weighted by Gasteiger charge is -2.18. The van der Waals surface area contributed by atoms with E-state index >= 15 is 0 Å². The second kappa shape index (κ2) is 6.26. The number of hydrogen-bond donors (Lipinski definition) is 1. The quantitative estimate of drug-likeness (QED) is 0.627. The zero-order valence-corrected chi connectivity index (χ0v) is 10.4. The molecule has 5 heteroatoms. The number of nitrogens with one attached hydrogen (secondary N) is 1. The van der Waals surface area contributed by atoms with Crippen LogP contribution in [0.1, 0.15) is 12.0 Å². The Hall–Kier alpha value is -1.75. The fourth-order valence-corrected chi connectivity index (χ4v) is 1.72. The molecule has 0 bridgehead atoms. The first kappa shape index (κ1) is 12.7. The molecule has 0 atom stereocenters. The molecule has 2 rings (SSSR count). The number of ether oxygens (including phenoxy) is 3.